The summed E-state index contributed by atoms with van der Waals surface area (Å²) in [6.45, 7) is 6.61. The van der Waals surface area contributed by atoms with Crippen molar-refractivity contribution in [2.75, 3.05) is 44.2 Å². The average Bonchev–Trinajstić information content (AvgIpc) is 2.80. The van der Waals surface area contributed by atoms with Crippen LogP contribution in [0.25, 0.3) is 0 Å². The van der Waals surface area contributed by atoms with Crippen LogP contribution in [0.1, 0.15) is 31.1 Å². The topological polar surface area (TPSA) is 134 Å². The Balaban J connectivity index is 2.22. The molecule has 11 heteroatoms. The van der Waals surface area contributed by atoms with Gasteiger partial charge in [-0.1, -0.05) is 6.07 Å². The minimum atomic E-state index is -1.78. The van der Waals surface area contributed by atoms with Crippen LogP contribution >= 0.6 is 0 Å². The molecule has 1 aromatic carbocycles. The molecular weight excluding hydrogens is 434 g/mol. The van der Waals surface area contributed by atoms with E-state index in [0.717, 1.165) is 13.3 Å². The van der Waals surface area contributed by atoms with Gasteiger partial charge in [-0.3, -0.25) is 19.2 Å². The molecule has 3 amide bonds. The van der Waals surface area contributed by atoms with Crippen molar-refractivity contribution in [1.82, 2.24) is 9.80 Å². The van der Waals surface area contributed by atoms with Gasteiger partial charge in [-0.15, -0.1) is 0 Å². The van der Waals surface area contributed by atoms with Gasteiger partial charge in [0.15, 0.2) is 6.10 Å². The number of ether oxygens (including phenoxy) is 2. The number of rotatable bonds is 11. The summed E-state index contributed by atoms with van der Waals surface area (Å²) in [6.07, 6.45) is -2.55. The molecule has 0 radical (unpaired) electrons. The van der Waals surface area contributed by atoms with Crippen LogP contribution in [0.4, 0.5) is 5.69 Å². The number of aliphatic carboxylic acids is 1. The average molecular weight is 463 g/mol. The molecule has 180 valence electrons. The van der Waals surface area contributed by atoms with Crippen LogP contribution in [0.5, 0.6) is 0 Å². The number of benzene rings is 1. The largest absolute Gasteiger partial charge is 0.478 e. The third kappa shape index (κ3) is 6.51. The van der Waals surface area contributed by atoms with Crippen molar-refractivity contribution in [3.05, 3.63) is 29.8 Å². The maximum absolute atomic E-state index is 13.0. The van der Waals surface area contributed by atoms with Crippen LogP contribution in [-0.2, 0) is 28.7 Å². The number of carbonyl (C=O) groups excluding carboxylic acids is 4. The molecule has 1 N–H and O–H groups in total. The predicted molar refractivity (Wildman–Crippen MR) is 117 cm³/mol. The SMILES string of the molecule is CCN(C=O)CCN(CC)C(=O)c1cccc(N2CCO[C@H](C(OC(C)=O)C(=O)O)C2=O)c1. The van der Waals surface area contributed by atoms with Gasteiger partial charge in [0.2, 0.25) is 12.5 Å². The zero-order chi connectivity index (χ0) is 24.5. The number of morpholine rings is 1. The van der Waals surface area contributed by atoms with Crippen molar-refractivity contribution < 1.29 is 38.6 Å². The number of esters is 1. The zero-order valence-corrected chi connectivity index (χ0v) is 18.9. The maximum atomic E-state index is 13.0. The molecule has 1 saturated heterocycles. The van der Waals surface area contributed by atoms with Gasteiger partial charge in [-0.25, -0.2) is 4.79 Å². The van der Waals surface area contributed by atoms with Gasteiger partial charge in [-0.2, -0.15) is 0 Å². The highest BCUT2D eigenvalue weighted by Gasteiger charge is 2.42. The lowest BCUT2D eigenvalue weighted by molar-refractivity contribution is -0.177. The molecule has 0 aromatic heterocycles. The minimum Gasteiger partial charge on any atom is -0.478 e. The molecule has 0 saturated carbocycles. The summed E-state index contributed by atoms with van der Waals surface area (Å²) in [5.74, 6) is -3.29. The van der Waals surface area contributed by atoms with Gasteiger partial charge in [-0.05, 0) is 32.0 Å². The van der Waals surface area contributed by atoms with Crippen LogP contribution in [0, 0.1) is 0 Å². The number of nitrogens with zero attached hydrogens (tertiary/aromatic N) is 3. The van der Waals surface area contributed by atoms with Crippen LogP contribution in [0.3, 0.4) is 0 Å². The van der Waals surface area contributed by atoms with Crippen LogP contribution in [-0.4, -0.2) is 96.6 Å². The molecule has 0 bridgehead atoms. The zero-order valence-electron chi connectivity index (χ0n) is 18.9. The Morgan fingerprint density at radius 3 is 2.58 bits per heavy atom. The van der Waals surface area contributed by atoms with E-state index in [4.69, 9.17) is 9.47 Å². The number of anilines is 1. The summed E-state index contributed by atoms with van der Waals surface area (Å²) in [5, 5.41) is 9.38. The monoisotopic (exact) mass is 463 g/mol. The molecule has 1 heterocycles. The van der Waals surface area contributed by atoms with E-state index in [0.29, 0.717) is 37.4 Å². The Hall–Kier alpha value is -3.47. The molecule has 1 aliphatic rings. The molecule has 1 unspecified atom stereocenters. The summed E-state index contributed by atoms with van der Waals surface area (Å²) in [7, 11) is 0. The van der Waals surface area contributed by atoms with E-state index in [-0.39, 0.29) is 19.1 Å². The van der Waals surface area contributed by atoms with Crippen molar-refractivity contribution in [2.45, 2.75) is 33.0 Å². The lowest BCUT2D eigenvalue weighted by atomic mass is 10.1. The number of hydrogen-bond donors (Lipinski definition) is 1. The first kappa shape index (κ1) is 25.8. The van der Waals surface area contributed by atoms with E-state index >= 15 is 0 Å². The Kier molecular flexibility index (Phi) is 9.34. The second-order valence-electron chi connectivity index (χ2n) is 7.32. The molecule has 1 aliphatic heterocycles. The minimum absolute atomic E-state index is 0.0270. The molecular formula is C22H29N3O8. The molecule has 1 aromatic rings. The van der Waals surface area contributed by atoms with Crippen molar-refractivity contribution >= 4 is 35.9 Å². The fraction of sp³-hybridized carbons (Fsp3) is 0.500. The second-order valence-corrected chi connectivity index (χ2v) is 7.32. The van der Waals surface area contributed by atoms with Crippen molar-refractivity contribution in [3.63, 3.8) is 0 Å². The van der Waals surface area contributed by atoms with E-state index in [1.54, 1.807) is 34.1 Å². The van der Waals surface area contributed by atoms with Crippen molar-refractivity contribution in [1.29, 1.82) is 0 Å². The van der Waals surface area contributed by atoms with Crippen LogP contribution in [0.2, 0.25) is 0 Å². The Bertz CT molecular complexity index is 890. The van der Waals surface area contributed by atoms with E-state index in [9.17, 15) is 29.1 Å². The van der Waals surface area contributed by atoms with Gasteiger partial charge < -0.3 is 29.3 Å². The summed E-state index contributed by atoms with van der Waals surface area (Å²) in [6, 6.07) is 6.41. The number of amides is 3. The van der Waals surface area contributed by atoms with Crippen molar-refractivity contribution in [3.8, 4) is 0 Å². The highest BCUT2D eigenvalue weighted by atomic mass is 16.6. The highest BCUT2D eigenvalue weighted by molar-refractivity contribution is 6.02. The normalized spacial score (nSPS) is 16.6. The van der Waals surface area contributed by atoms with Crippen molar-refractivity contribution in [2.24, 2.45) is 0 Å². The summed E-state index contributed by atoms with van der Waals surface area (Å²) in [5.41, 5.74) is 0.736. The standard InChI is InChI=1S/C22H29N3O8/c1-4-23(14-26)9-10-24(5-2)20(28)16-7-6-8-17(13-16)25-11-12-32-18(21(25)29)19(22(30)31)33-15(3)27/h6-8,13-14,18-19H,4-5,9-12H2,1-3H3,(H,30,31)/t18-,19?/m1/s1. The lowest BCUT2D eigenvalue weighted by Gasteiger charge is -2.34. The van der Waals surface area contributed by atoms with E-state index in [1.165, 1.54) is 4.90 Å². The third-order valence-electron chi connectivity index (χ3n) is 5.22. The maximum Gasteiger partial charge on any atom is 0.348 e. The quantitative estimate of drug-likeness (QED) is 0.368. The molecule has 2 atom stereocenters. The fourth-order valence-electron chi connectivity index (χ4n) is 3.43. The van der Waals surface area contributed by atoms with Gasteiger partial charge in [0.05, 0.1) is 6.61 Å². The van der Waals surface area contributed by atoms with Gasteiger partial charge in [0.1, 0.15) is 0 Å². The Morgan fingerprint density at radius 2 is 2.00 bits per heavy atom. The van der Waals surface area contributed by atoms with E-state index in [1.807, 2.05) is 13.8 Å². The third-order valence-corrected chi connectivity index (χ3v) is 5.22. The first-order valence-corrected chi connectivity index (χ1v) is 10.6. The second kappa shape index (κ2) is 12.0. The smallest absolute Gasteiger partial charge is 0.348 e. The first-order chi connectivity index (χ1) is 15.7. The van der Waals surface area contributed by atoms with E-state index < -0.39 is 30.1 Å². The summed E-state index contributed by atoms with van der Waals surface area (Å²) >= 11 is 0. The molecule has 1 fully saturated rings. The van der Waals surface area contributed by atoms with Gasteiger partial charge in [0.25, 0.3) is 11.8 Å². The molecule has 0 spiro atoms. The van der Waals surface area contributed by atoms with Crippen LogP contribution < -0.4 is 4.90 Å². The number of likely N-dealkylation sites (N-methyl/N-ethyl adjacent to an activating group) is 2. The molecule has 2 rings (SSSR count). The number of hydrogen-bond acceptors (Lipinski definition) is 7. The number of carboxylic acid groups (broad SMARTS) is 1. The Morgan fingerprint density at radius 1 is 1.27 bits per heavy atom. The Labute approximate surface area is 191 Å². The van der Waals surface area contributed by atoms with Gasteiger partial charge >= 0.3 is 11.9 Å². The lowest BCUT2D eigenvalue weighted by Crippen LogP contribution is -2.55. The van der Waals surface area contributed by atoms with Gasteiger partial charge in [0, 0.05) is 50.9 Å². The molecule has 0 aliphatic carbocycles. The number of carbonyl (C=O) groups is 5. The summed E-state index contributed by atoms with van der Waals surface area (Å²) in [4.78, 5) is 64.3. The molecule has 33 heavy (non-hydrogen) atoms. The fourth-order valence-corrected chi connectivity index (χ4v) is 3.43. The van der Waals surface area contributed by atoms with E-state index in [2.05, 4.69) is 0 Å². The first-order valence-electron chi connectivity index (χ1n) is 10.6. The predicted octanol–water partition coefficient (Wildman–Crippen LogP) is 0.375. The highest BCUT2D eigenvalue weighted by Crippen LogP contribution is 2.23. The number of carboxylic acids is 1. The van der Waals surface area contributed by atoms with Crippen LogP contribution in [0.15, 0.2) is 24.3 Å². The molecule has 11 nitrogen and oxygen atoms in total. The summed E-state index contributed by atoms with van der Waals surface area (Å²) < 4.78 is 10.1.